The fourth-order valence-electron chi connectivity index (χ4n) is 1.37. The predicted octanol–water partition coefficient (Wildman–Crippen LogP) is 3.84. The number of hydrogen-bond acceptors (Lipinski definition) is 1. The van der Waals surface area contributed by atoms with Gasteiger partial charge >= 0.3 is 0 Å². The molecule has 3 N–H and O–H groups in total. The first-order chi connectivity index (χ1) is 8.40. The molecule has 0 bridgehead atoms. The summed E-state index contributed by atoms with van der Waals surface area (Å²) in [7, 11) is 0. The van der Waals surface area contributed by atoms with E-state index in [4.69, 9.17) is 28.9 Å². The topological polar surface area (TPSA) is 50.4 Å². The molecule has 0 aliphatic heterocycles. The molecule has 0 aliphatic carbocycles. The fraction of sp³-hybridized carbons (Fsp3) is 0.364. The van der Waals surface area contributed by atoms with E-state index in [2.05, 4.69) is 10.3 Å². The van der Waals surface area contributed by atoms with Crippen molar-refractivity contribution in [2.75, 3.05) is 6.54 Å². The van der Waals surface area contributed by atoms with Crippen LogP contribution in [0.15, 0.2) is 23.2 Å². The first kappa shape index (κ1) is 18.7. The van der Waals surface area contributed by atoms with Gasteiger partial charge in [0.1, 0.15) is 6.54 Å². The molecule has 3 nitrogen and oxygen atoms in total. The van der Waals surface area contributed by atoms with Crippen LogP contribution in [0.3, 0.4) is 0 Å². The quantitative estimate of drug-likeness (QED) is 0.439. The van der Waals surface area contributed by atoms with Crippen LogP contribution < -0.4 is 11.1 Å². The van der Waals surface area contributed by atoms with Crippen LogP contribution in [0.2, 0.25) is 10.0 Å². The molecule has 1 rings (SSSR count). The minimum absolute atomic E-state index is 0. The number of hydrogen-bond donors (Lipinski definition) is 2. The molecule has 0 heterocycles. The Kier molecular flexibility index (Phi) is 8.60. The van der Waals surface area contributed by atoms with Crippen molar-refractivity contribution in [3.8, 4) is 0 Å². The zero-order chi connectivity index (χ0) is 13.7. The van der Waals surface area contributed by atoms with E-state index in [9.17, 15) is 8.78 Å². The molecule has 0 saturated heterocycles. The van der Waals surface area contributed by atoms with Crippen LogP contribution in [0, 0.1) is 0 Å². The third kappa shape index (κ3) is 6.58. The van der Waals surface area contributed by atoms with Gasteiger partial charge < -0.3 is 11.1 Å². The summed E-state index contributed by atoms with van der Waals surface area (Å²) < 4.78 is 23.9. The molecule has 0 saturated carbocycles. The number of nitrogens with zero attached hydrogens (tertiary/aromatic N) is 1. The summed E-state index contributed by atoms with van der Waals surface area (Å²) in [6.07, 6.45) is -2.51. The van der Waals surface area contributed by atoms with Crippen molar-refractivity contribution in [2.45, 2.75) is 19.4 Å². The Balaban J connectivity index is 0.00000324. The van der Waals surface area contributed by atoms with Gasteiger partial charge in [0.2, 0.25) is 0 Å². The maximum atomic E-state index is 11.9. The molecule has 1 aromatic rings. The van der Waals surface area contributed by atoms with Gasteiger partial charge in [0.15, 0.2) is 5.96 Å². The van der Waals surface area contributed by atoms with E-state index in [1.54, 1.807) is 25.1 Å². The van der Waals surface area contributed by atoms with Crippen molar-refractivity contribution in [2.24, 2.45) is 10.7 Å². The number of aliphatic imine (C=N–C) groups is 1. The minimum atomic E-state index is -2.51. The Morgan fingerprint density at radius 2 is 2.05 bits per heavy atom. The van der Waals surface area contributed by atoms with Crippen molar-refractivity contribution >= 4 is 53.1 Å². The Bertz CT molecular complexity index is 444. The van der Waals surface area contributed by atoms with Crippen LogP contribution in [0.5, 0.6) is 0 Å². The van der Waals surface area contributed by atoms with E-state index in [-0.39, 0.29) is 36.0 Å². The lowest BCUT2D eigenvalue weighted by atomic mass is 10.1. The standard InChI is InChI=1S/C11H13Cl2F2N3.HI/c1-6(18-11(16)17-5-10(14)15)8-3-2-7(12)4-9(8)13;/h2-4,6,10H,5H2,1H3,(H3,16,17,18);1H. The summed E-state index contributed by atoms with van der Waals surface area (Å²) in [5.41, 5.74) is 6.24. The second-order valence-electron chi connectivity index (χ2n) is 3.65. The Labute approximate surface area is 137 Å². The summed E-state index contributed by atoms with van der Waals surface area (Å²) in [5, 5.41) is 3.78. The summed E-state index contributed by atoms with van der Waals surface area (Å²) in [5.74, 6) is -0.0474. The Morgan fingerprint density at radius 1 is 1.42 bits per heavy atom. The third-order valence-electron chi connectivity index (χ3n) is 2.19. The molecule has 0 aromatic heterocycles. The smallest absolute Gasteiger partial charge is 0.257 e. The zero-order valence-corrected chi connectivity index (χ0v) is 13.9. The van der Waals surface area contributed by atoms with Crippen LogP contribution in [0.4, 0.5) is 8.78 Å². The number of rotatable bonds is 4. The third-order valence-corrected chi connectivity index (χ3v) is 2.76. The lowest BCUT2D eigenvalue weighted by molar-refractivity contribution is 0.158. The van der Waals surface area contributed by atoms with E-state index < -0.39 is 13.0 Å². The average Bonchev–Trinajstić information content (AvgIpc) is 2.26. The van der Waals surface area contributed by atoms with Gasteiger partial charge in [-0.3, -0.25) is 0 Å². The molecular weight excluding hydrogens is 410 g/mol. The first-order valence-corrected chi connectivity index (χ1v) is 5.95. The lowest BCUT2D eigenvalue weighted by Gasteiger charge is -2.16. The second-order valence-corrected chi connectivity index (χ2v) is 4.49. The Morgan fingerprint density at radius 3 is 2.58 bits per heavy atom. The fourth-order valence-corrected chi connectivity index (χ4v) is 1.94. The minimum Gasteiger partial charge on any atom is -0.370 e. The molecule has 0 spiro atoms. The maximum Gasteiger partial charge on any atom is 0.257 e. The van der Waals surface area contributed by atoms with E-state index in [1.807, 2.05) is 0 Å². The van der Waals surface area contributed by atoms with Crippen molar-refractivity contribution < 1.29 is 8.78 Å². The van der Waals surface area contributed by atoms with Gasteiger partial charge in [-0.25, -0.2) is 13.8 Å². The van der Waals surface area contributed by atoms with E-state index >= 15 is 0 Å². The molecular formula is C11H14Cl2F2IN3. The molecule has 0 fully saturated rings. The van der Waals surface area contributed by atoms with Gasteiger partial charge in [-0.15, -0.1) is 24.0 Å². The largest absolute Gasteiger partial charge is 0.370 e. The van der Waals surface area contributed by atoms with E-state index in [0.717, 1.165) is 5.56 Å². The molecule has 1 aromatic carbocycles. The van der Waals surface area contributed by atoms with Crippen molar-refractivity contribution in [3.05, 3.63) is 33.8 Å². The monoisotopic (exact) mass is 423 g/mol. The number of nitrogens with one attached hydrogen (secondary N) is 1. The second kappa shape index (κ2) is 8.76. The van der Waals surface area contributed by atoms with Crippen LogP contribution in [-0.2, 0) is 0 Å². The van der Waals surface area contributed by atoms with Gasteiger partial charge in [-0.05, 0) is 24.6 Å². The highest BCUT2D eigenvalue weighted by atomic mass is 127. The van der Waals surface area contributed by atoms with Crippen molar-refractivity contribution in [1.82, 2.24) is 5.32 Å². The number of guanidine groups is 1. The van der Waals surface area contributed by atoms with Gasteiger partial charge in [0.05, 0.1) is 6.04 Å². The number of benzene rings is 1. The molecule has 19 heavy (non-hydrogen) atoms. The maximum absolute atomic E-state index is 11.9. The molecule has 8 heteroatoms. The Hall–Kier alpha value is -0.340. The SMILES string of the molecule is CC(NC(N)=NCC(F)F)c1ccc(Cl)cc1Cl.I. The normalized spacial score (nSPS) is 13.1. The molecule has 1 atom stereocenters. The molecule has 0 aliphatic rings. The number of nitrogens with two attached hydrogens (primary N) is 1. The molecule has 0 radical (unpaired) electrons. The summed E-state index contributed by atoms with van der Waals surface area (Å²) in [6.45, 7) is 1.17. The first-order valence-electron chi connectivity index (χ1n) is 5.19. The van der Waals surface area contributed by atoms with Crippen LogP contribution in [0.1, 0.15) is 18.5 Å². The van der Waals surface area contributed by atoms with Crippen LogP contribution in [-0.4, -0.2) is 18.9 Å². The van der Waals surface area contributed by atoms with Crippen LogP contribution >= 0.6 is 47.2 Å². The number of halogens is 5. The van der Waals surface area contributed by atoms with Gasteiger partial charge in [0, 0.05) is 10.0 Å². The molecule has 0 amide bonds. The lowest BCUT2D eigenvalue weighted by Crippen LogP contribution is -2.34. The average molecular weight is 424 g/mol. The molecule has 108 valence electrons. The van der Waals surface area contributed by atoms with Crippen molar-refractivity contribution in [3.63, 3.8) is 0 Å². The van der Waals surface area contributed by atoms with Crippen molar-refractivity contribution in [1.29, 1.82) is 0 Å². The number of alkyl halides is 2. The van der Waals surface area contributed by atoms with Crippen LogP contribution in [0.25, 0.3) is 0 Å². The van der Waals surface area contributed by atoms with E-state index in [0.29, 0.717) is 10.0 Å². The zero-order valence-electron chi connectivity index (χ0n) is 10.0. The summed E-state index contributed by atoms with van der Waals surface area (Å²) in [4.78, 5) is 3.50. The van der Waals surface area contributed by atoms with E-state index in [1.165, 1.54) is 0 Å². The summed E-state index contributed by atoms with van der Waals surface area (Å²) >= 11 is 11.8. The highest BCUT2D eigenvalue weighted by Crippen LogP contribution is 2.25. The molecule has 1 unspecified atom stereocenters. The van der Waals surface area contributed by atoms with Gasteiger partial charge in [-0.2, -0.15) is 0 Å². The summed E-state index contributed by atoms with van der Waals surface area (Å²) in [6, 6.07) is 4.77. The highest BCUT2D eigenvalue weighted by Gasteiger charge is 2.11. The van der Waals surface area contributed by atoms with Gasteiger partial charge in [0.25, 0.3) is 6.43 Å². The van der Waals surface area contributed by atoms with Gasteiger partial charge in [-0.1, -0.05) is 29.3 Å². The highest BCUT2D eigenvalue weighted by molar-refractivity contribution is 14.0. The predicted molar refractivity (Wildman–Crippen MR) is 85.9 cm³/mol.